The molecule has 5 atom stereocenters. The van der Waals surface area contributed by atoms with Gasteiger partial charge in [-0.05, 0) is 99.6 Å². The van der Waals surface area contributed by atoms with E-state index in [1.54, 1.807) is 7.11 Å². The van der Waals surface area contributed by atoms with E-state index in [-0.39, 0.29) is 57.6 Å². The Morgan fingerprint density at radius 2 is 0.534 bits per heavy atom. The lowest BCUT2D eigenvalue weighted by Crippen LogP contribution is -2.40. The van der Waals surface area contributed by atoms with Crippen LogP contribution in [0.2, 0.25) is 0 Å². The van der Waals surface area contributed by atoms with E-state index >= 15 is 0 Å². The van der Waals surface area contributed by atoms with Crippen molar-refractivity contribution in [2.45, 2.75) is 113 Å². The Kier molecular flexibility index (Phi) is 15.2. The third-order valence-corrected chi connectivity index (χ3v) is 14.9. The summed E-state index contributed by atoms with van der Waals surface area (Å²) in [5.74, 6) is 4.31. The van der Waals surface area contributed by atoms with E-state index in [0.29, 0.717) is 13.2 Å². The molecule has 386 valence electrons. The minimum Gasteiger partial charge on any atom is -0.497 e. The highest BCUT2D eigenvalue weighted by atomic mass is 16.5. The lowest BCUT2D eigenvalue weighted by Gasteiger charge is -2.44. The Hall–Kier alpha value is -5.68. The summed E-state index contributed by atoms with van der Waals surface area (Å²) in [6.07, 6.45) is 0.975. The number of hydrogen-bond acceptors (Lipinski definition) is 9. The topological polar surface area (TPSA) is 83.1 Å². The molecule has 5 fully saturated rings. The Bertz CT molecular complexity index is 2570. The lowest BCUT2D eigenvalue weighted by molar-refractivity contribution is -0.172. The maximum absolute atomic E-state index is 5.98. The van der Waals surface area contributed by atoms with Crippen LogP contribution in [-0.2, 0) is 36.9 Å². The van der Waals surface area contributed by atoms with Crippen molar-refractivity contribution in [3.63, 3.8) is 0 Å². The average molecular weight is 989 g/mol. The molecule has 0 radical (unpaired) electrons. The highest BCUT2D eigenvalue weighted by Gasteiger charge is 2.44. The zero-order valence-electron chi connectivity index (χ0n) is 44.9. The SMILES string of the molecule is CC1(C)COC1c1ccc(OCc2ccc(COc3ccc(C4OCC4(C)C)cc3)cc2)cc1.CC1(C)COC1c1ccc(Oc2ccc(C3OCC3(C)C)cc2)cc1.COc1ccc(C2OCC2(C)C)cc1. The molecule has 0 amide bonds. The highest BCUT2D eigenvalue weighted by Crippen LogP contribution is 2.49. The quantitative estimate of drug-likeness (QED) is 0.106. The van der Waals surface area contributed by atoms with E-state index in [4.69, 9.17) is 42.6 Å². The molecule has 0 saturated carbocycles. The second-order valence-electron chi connectivity index (χ2n) is 23.9. The summed E-state index contributed by atoms with van der Waals surface area (Å²) in [7, 11) is 1.68. The number of benzene rings is 6. The molecule has 5 unspecified atom stereocenters. The maximum Gasteiger partial charge on any atom is 0.127 e. The molecule has 5 aliphatic rings. The Balaban J connectivity index is 0.000000147. The van der Waals surface area contributed by atoms with E-state index in [1.165, 1.54) is 27.8 Å². The average Bonchev–Trinajstić information content (AvgIpc) is 3.36. The van der Waals surface area contributed by atoms with E-state index in [2.05, 4.69) is 154 Å². The molecule has 9 nitrogen and oxygen atoms in total. The van der Waals surface area contributed by atoms with Crippen LogP contribution < -0.4 is 18.9 Å². The van der Waals surface area contributed by atoms with Gasteiger partial charge in [-0.3, -0.25) is 0 Å². The summed E-state index contributed by atoms with van der Waals surface area (Å²) in [6, 6.07) is 49.5. The fraction of sp³-hybridized carbons (Fsp3) is 0.438. The van der Waals surface area contributed by atoms with Gasteiger partial charge in [0, 0.05) is 27.1 Å². The van der Waals surface area contributed by atoms with Gasteiger partial charge in [0.1, 0.15) is 42.0 Å². The summed E-state index contributed by atoms with van der Waals surface area (Å²) in [5.41, 5.74) is 9.46. The molecule has 0 N–H and O–H groups in total. The second kappa shape index (κ2) is 21.3. The van der Waals surface area contributed by atoms with E-state index in [0.717, 1.165) is 72.9 Å². The fourth-order valence-electron chi connectivity index (χ4n) is 10.1. The number of rotatable bonds is 14. The van der Waals surface area contributed by atoms with Crippen LogP contribution in [0.4, 0.5) is 0 Å². The van der Waals surface area contributed by atoms with Crippen LogP contribution >= 0.6 is 0 Å². The Labute approximate surface area is 434 Å². The molecule has 73 heavy (non-hydrogen) atoms. The molecule has 9 heteroatoms. The van der Waals surface area contributed by atoms with Crippen molar-refractivity contribution in [2.24, 2.45) is 27.1 Å². The molecule has 0 aromatic heterocycles. The molecule has 5 saturated heterocycles. The first kappa shape index (κ1) is 52.2. The van der Waals surface area contributed by atoms with Gasteiger partial charge in [-0.2, -0.15) is 0 Å². The van der Waals surface area contributed by atoms with Crippen molar-refractivity contribution in [2.75, 3.05) is 40.1 Å². The van der Waals surface area contributed by atoms with Gasteiger partial charge in [-0.1, -0.05) is 154 Å². The van der Waals surface area contributed by atoms with Crippen LogP contribution in [-0.4, -0.2) is 40.1 Å². The summed E-state index contributed by atoms with van der Waals surface area (Å²) >= 11 is 0. The van der Waals surface area contributed by atoms with Gasteiger partial charge in [-0.15, -0.1) is 0 Å². The molecule has 6 aromatic carbocycles. The highest BCUT2D eigenvalue weighted by molar-refractivity contribution is 5.38. The number of hydrogen-bond donors (Lipinski definition) is 0. The van der Waals surface area contributed by atoms with Crippen molar-refractivity contribution in [1.82, 2.24) is 0 Å². The summed E-state index contributed by atoms with van der Waals surface area (Å²) < 4.78 is 51.5. The van der Waals surface area contributed by atoms with E-state index in [1.807, 2.05) is 60.7 Å². The zero-order chi connectivity index (χ0) is 51.6. The third kappa shape index (κ3) is 12.1. The van der Waals surface area contributed by atoms with Crippen molar-refractivity contribution >= 4 is 0 Å². The first-order valence-electron chi connectivity index (χ1n) is 25.9. The van der Waals surface area contributed by atoms with Gasteiger partial charge < -0.3 is 42.6 Å². The van der Waals surface area contributed by atoms with Crippen molar-refractivity contribution in [1.29, 1.82) is 0 Å². The van der Waals surface area contributed by atoms with Crippen molar-refractivity contribution in [3.8, 4) is 28.7 Å². The van der Waals surface area contributed by atoms with Gasteiger partial charge in [-0.25, -0.2) is 0 Å². The molecule has 6 aromatic rings. The Morgan fingerprint density at radius 1 is 0.315 bits per heavy atom. The predicted octanol–water partition coefficient (Wildman–Crippen LogP) is 15.5. The minimum absolute atomic E-state index is 0.179. The first-order chi connectivity index (χ1) is 34.8. The van der Waals surface area contributed by atoms with Gasteiger partial charge >= 0.3 is 0 Å². The van der Waals surface area contributed by atoms with Crippen molar-refractivity contribution in [3.05, 3.63) is 185 Å². The molecule has 5 aliphatic heterocycles. The lowest BCUT2D eigenvalue weighted by atomic mass is 9.79. The molecular weight excluding hydrogens is 913 g/mol. The molecule has 0 spiro atoms. The molecule has 11 rings (SSSR count). The number of methoxy groups -OCH3 is 1. The van der Waals surface area contributed by atoms with Gasteiger partial charge in [0.05, 0.1) is 70.7 Å². The van der Waals surface area contributed by atoms with Gasteiger partial charge in [0.25, 0.3) is 0 Å². The van der Waals surface area contributed by atoms with Crippen LogP contribution in [0.1, 0.15) is 139 Å². The number of ether oxygens (including phenoxy) is 9. The van der Waals surface area contributed by atoms with Gasteiger partial charge in [0.2, 0.25) is 0 Å². The molecular formula is C64H76O9. The van der Waals surface area contributed by atoms with Crippen LogP contribution in [0.3, 0.4) is 0 Å². The van der Waals surface area contributed by atoms with E-state index < -0.39 is 0 Å². The fourth-order valence-corrected chi connectivity index (χ4v) is 10.1. The van der Waals surface area contributed by atoms with E-state index in [9.17, 15) is 0 Å². The van der Waals surface area contributed by atoms with Crippen LogP contribution in [0.5, 0.6) is 28.7 Å². The second-order valence-corrected chi connectivity index (χ2v) is 23.9. The normalized spacial score (nSPS) is 24.1. The maximum atomic E-state index is 5.98. The Morgan fingerprint density at radius 3 is 0.726 bits per heavy atom. The summed E-state index contributed by atoms with van der Waals surface area (Å²) in [6.45, 7) is 27.6. The minimum atomic E-state index is 0.179. The molecule has 0 bridgehead atoms. The van der Waals surface area contributed by atoms with Crippen LogP contribution in [0.25, 0.3) is 0 Å². The predicted molar refractivity (Wildman–Crippen MR) is 286 cm³/mol. The summed E-state index contributed by atoms with van der Waals surface area (Å²) in [5, 5.41) is 0. The largest absolute Gasteiger partial charge is 0.497 e. The zero-order valence-corrected chi connectivity index (χ0v) is 44.9. The van der Waals surface area contributed by atoms with Gasteiger partial charge in [0.15, 0.2) is 0 Å². The first-order valence-corrected chi connectivity index (χ1v) is 25.9. The summed E-state index contributed by atoms with van der Waals surface area (Å²) in [4.78, 5) is 0. The third-order valence-electron chi connectivity index (χ3n) is 14.9. The van der Waals surface area contributed by atoms with Crippen LogP contribution in [0.15, 0.2) is 146 Å². The molecule has 0 aliphatic carbocycles. The van der Waals surface area contributed by atoms with Crippen molar-refractivity contribution < 1.29 is 42.6 Å². The molecule has 5 heterocycles. The van der Waals surface area contributed by atoms with Crippen LogP contribution in [0, 0.1) is 27.1 Å². The standard InChI is InChI=1S/C30H34O4.C22H26O3.C12H16O2/c1-29(2)19-33-27(29)23-9-13-25(14-10-23)31-17-21-5-7-22(8-6-21)18-32-26-15-11-24(12-16-26)28-30(3,4)20-34-28;1-21(2)13-23-19(21)15-5-9-17(10-6-15)25-18-11-7-16(8-12-18)20-22(3,4)14-24-20;1-12(2)8-14-11(12)9-4-6-10(13-3)7-5-9/h5-16,27-28H,17-20H2,1-4H3;5-12,19-20H,13-14H2,1-4H3;4-7,11H,8H2,1-3H3. The smallest absolute Gasteiger partial charge is 0.127 e. The monoisotopic (exact) mass is 989 g/mol.